The lowest BCUT2D eigenvalue weighted by Crippen LogP contribution is -2.34. The van der Waals surface area contributed by atoms with E-state index in [9.17, 15) is 8.42 Å². The summed E-state index contributed by atoms with van der Waals surface area (Å²) >= 11 is 5.68. The van der Waals surface area contributed by atoms with Gasteiger partial charge in [0, 0.05) is 12.2 Å². The number of halogens is 1. The summed E-state index contributed by atoms with van der Waals surface area (Å²) in [6.45, 7) is 2.66. The summed E-state index contributed by atoms with van der Waals surface area (Å²) in [5.41, 5.74) is 0. The van der Waals surface area contributed by atoms with E-state index in [1.165, 1.54) is 18.3 Å². The highest BCUT2D eigenvalue weighted by Crippen LogP contribution is 2.13. The Morgan fingerprint density at radius 3 is 2.72 bits per heavy atom. The second-order valence-electron chi connectivity index (χ2n) is 4.43. The van der Waals surface area contributed by atoms with Gasteiger partial charge in [0.2, 0.25) is 10.0 Å². The van der Waals surface area contributed by atoms with Gasteiger partial charge >= 0.3 is 0 Å². The molecular weight excluding hydrogens is 274 g/mol. The van der Waals surface area contributed by atoms with E-state index in [1.54, 1.807) is 0 Å². The number of rotatable bonds is 6. The number of pyridine rings is 1. The van der Waals surface area contributed by atoms with Crippen LogP contribution in [0.15, 0.2) is 23.2 Å². The molecule has 0 spiro atoms. The lowest BCUT2D eigenvalue weighted by atomic mass is 10.2. The van der Waals surface area contributed by atoms with E-state index in [0.29, 0.717) is 0 Å². The number of aromatic nitrogens is 1. The van der Waals surface area contributed by atoms with Crippen molar-refractivity contribution in [1.82, 2.24) is 14.6 Å². The van der Waals surface area contributed by atoms with Crippen LogP contribution in [-0.2, 0) is 10.0 Å². The Balaban J connectivity index is 2.70. The van der Waals surface area contributed by atoms with E-state index in [2.05, 4.69) is 9.71 Å². The molecule has 0 bridgehead atoms. The van der Waals surface area contributed by atoms with Crippen molar-refractivity contribution >= 4 is 21.6 Å². The lowest BCUT2D eigenvalue weighted by Gasteiger charge is -2.16. The van der Waals surface area contributed by atoms with Crippen LogP contribution < -0.4 is 4.72 Å². The van der Waals surface area contributed by atoms with Crippen molar-refractivity contribution in [1.29, 1.82) is 0 Å². The highest BCUT2D eigenvalue weighted by atomic mass is 35.5. The minimum absolute atomic E-state index is 0.135. The van der Waals surface area contributed by atoms with Crippen LogP contribution in [0, 0.1) is 0 Å². The summed E-state index contributed by atoms with van der Waals surface area (Å²) in [6.07, 6.45) is 2.12. The van der Waals surface area contributed by atoms with Crippen molar-refractivity contribution < 1.29 is 8.42 Å². The normalized spacial score (nSPS) is 13.8. The Kier molecular flexibility index (Phi) is 5.52. The Labute approximate surface area is 113 Å². The molecule has 0 saturated heterocycles. The van der Waals surface area contributed by atoms with E-state index < -0.39 is 10.0 Å². The van der Waals surface area contributed by atoms with Gasteiger partial charge in [0.05, 0.1) is 4.90 Å². The molecule has 0 radical (unpaired) electrons. The van der Waals surface area contributed by atoms with Crippen LogP contribution in [0.4, 0.5) is 0 Å². The zero-order chi connectivity index (χ0) is 13.8. The van der Waals surface area contributed by atoms with Crippen LogP contribution >= 0.6 is 11.6 Å². The van der Waals surface area contributed by atoms with Gasteiger partial charge in [-0.05, 0) is 46.1 Å². The zero-order valence-corrected chi connectivity index (χ0v) is 12.3. The molecule has 0 aromatic carbocycles. The van der Waals surface area contributed by atoms with Gasteiger partial charge in [-0.25, -0.2) is 18.1 Å². The van der Waals surface area contributed by atoms with E-state index in [0.717, 1.165) is 13.0 Å². The fourth-order valence-electron chi connectivity index (χ4n) is 1.40. The maximum absolute atomic E-state index is 12.0. The summed E-state index contributed by atoms with van der Waals surface area (Å²) in [4.78, 5) is 5.90. The van der Waals surface area contributed by atoms with Crippen LogP contribution in [0.25, 0.3) is 0 Å². The first-order valence-electron chi connectivity index (χ1n) is 5.60. The maximum Gasteiger partial charge on any atom is 0.240 e. The Bertz CT molecular complexity index is 491. The maximum atomic E-state index is 12.0. The summed E-state index contributed by atoms with van der Waals surface area (Å²) in [7, 11) is 0.374. The largest absolute Gasteiger partial charge is 0.309 e. The van der Waals surface area contributed by atoms with Gasteiger partial charge in [-0.3, -0.25) is 0 Å². The van der Waals surface area contributed by atoms with Crippen LogP contribution in [0.2, 0.25) is 5.15 Å². The molecule has 7 heteroatoms. The van der Waals surface area contributed by atoms with Crippen molar-refractivity contribution in [3.63, 3.8) is 0 Å². The molecular formula is C11H18ClN3O2S. The minimum atomic E-state index is -3.52. The summed E-state index contributed by atoms with van der Waals surface area (Å²) in [5, 5.41) is 0.166. The number of hydrogen-bond acceptors (Lipinski definition) is 4. The predicted molar refractivity (Wildman–Crippen MR) is 72.2 cm³/mol. The van der Waals surface area contributed by atoms with Crippen molar-refractivity contribution in [3.05, 3.63) is 23.5 Å². The number of sulfonamides is 1. The van der Waals surface area contributed by atoms with Crippen LogP contribution in [-0.4, -0.2) is 45.0 Å². The first kappa shape index (κ1) is 15.4. The average Bonchev–Trinajstić information content (AvgIpc) is 2.26. The molecule has 1 aromatic heterocycles. The lowest BCUT2D eigenvalue weighted by molar-refractivity contribution is 0.379. The molecule has 1 unspecified atom stereocenters. The molecule has 1 N–H and O–H groups in total. The van der Waals surface area contributed by atoms with Gasteiger partial charge in [0.25, 0.3) is 0 Å². The van der Waals surface area contributed by atoms with Crippen molar-refractivity contribution in [2.45, 2.75) is 24.3 Å². The first-order valence-corrected chi connectivity index (χ1v) is 7.46. The Hall–Kier alpha value is -0.690. The van der Waals surface area contributed by atoms with Gasteiger partial charge in [-0.1, -0.05) is 11.6 Å². The molecule has 0 fully saturated rings. The molecule has 1 atom stereocenters. The second kappa shape index (κ2) is 6.47. The van der Waals surface area contributed by atoms with Gasteiger partial charge in [-0.15, -0.1) is 0 Å². The number of hydrogen-bond donors (Lipinski definition) is 1. The van der Waals surface area contributed by atoms with Crippen molar-refractivity contribution in [2.75, 3.05) is 20.6 Å². The summed E-state index contributed by atoms with van der Waals surface area (Å²) in [5.74, 6) is 0. The minimum Gasteiger partial charge on any atom is -0.309 e. The quantitative estimate of drug-likeness (QED) is 0.804. The molecule has 1 rings (SSSR count). The molecule has 0 aliphatic carbocycles. The topological polar surface area (TPSA) is 62.3 Å². The number of nitrogens with zero attached hydrogens (tertiary/aromatic N) is 2. The summed E-state index contributed by atoms with van der Waals surface area (Å²) in [6, 6.07) is 2.62. The van der Waals surface area contributed by atoms with E-state index in [-0.39, 0.29) is 16.1 Å². The van der Waals surface area contributed by atoms with Gasteiger partial charge in [0.1, 0.15) is 5.15 Å². The fourth-order valence-corrected chi connectivity index (χ4v) is 2.92. The predicted octanol–water partition coefficient (Wildman–Crippen LogP) is 1.35. The fraction of sp³-hybridized carbons (Fsp3) is 0.545. The molecule has 0 amide bonds. The van der Waals surface area contributed by atoms with Crippen molar-refractivity contribution in [3.8, 4) is 0 Å². The zero-order valence-electron chi connectivity index (χ0n) is 10.7. The molecule has 1 aromatic rings. The first-order chi connectivity index (χ1) is 8.31. The molecule has 0 saturated carbocycles. The highest BCUT2D eigenvalue weighted by molar-refractivity contribution is 7.89. The third-order valence-electron chi connectivity index (χ3n) is 2.37. The Morgan fingerprint density at radius 2 is 2.17 bits per heavy atom. The van der Waals surface area contributed by atoms with Crippen LogP contribution in [0.5, 0.6) is 0 Å². The molecule has 1 heterocycles. The van der Waals surface area contributed by atoms with Crippen LogP contribution in [0.1, 0.15) is 13.3 Å². The molecule has 0 aliphatic heterocycles. The van der Waals surface area contributed by atoms with Crippen LogP contribution in [0.3, 0.4) is 0 Å². The monoisotopic (exact) mass is 291 g/mol. The summed E-state index contributed by atoms with van der Waals surface area (Å²) < 4.78 is 26.7. The average molecular weight is 292 g/mol. The van der Waals surface area contributed by atoms with E-state index >= 15 is 0 Å². The second-order valence-corrected chi connectivity index (χ2v) is 6.53. The van der Waals surface area contributed by atoms with Gasteiger partial charge in [0.15, 0.2) is 0 Å². The van der Waals surface area contributed by atoms with Crippen molar-refractivity contribution in [2.24, 2.45) is 0 Å². The molecule has 5 nitrogen and oxygen atoms in total. The molecule has 0 aliphatic rings. The third kappa shape index (κ3) is 4.89. The molecule has 102 valence electrons. The SMILES string of the molecule is CC(CCN(C)C)NS(=O)(=O)c1ccnc(Cl)c1. The standard InChI is InChI=1S/C11H18ClN3O2S/c1-9(5-7-15(2)3)14-18(16,17)10-4-6-13-11(12)8-10/h4,6,8-9,14H,5,7H2,1-3H3. The Morgan fingerprint density at radius 1 is 1.50 bits per heavy atom. The van der Waals surface area contributed by atoms with Gasteiger partial charge in [-0.2, -0.15) is 0 Å². The molecule has 18 heavy (non-hydrogen) atoms. The number of nitrogens with one attached hydrogen (secondary N) is 1. The van der Waals surface area contributed by atoms with Gasteiger partial charge < -0.3 is 4.90 Å². The third-order valence-corrected chi connectivity index (χ3v) is 4.17. The van der Waals surface area contributed by atoms with E-state index in [1.807, 2.05) is 25.9 Å². The van der Waals surface area contributed by atoms with E-state index in [4.69, 9.17) is 11.6 Å². The highest BCUT2D eigenvalue weighted by Gasteiger charge is 2.17. The smallest absolute Gasteiger partial charge is 0.240 e.